The van der Waals surface area contributed by atoms with E-state index in [0.717, 1.165) is 58.4 Å². The fraction of sp³-hybridized carbons (Fsp3) is 0.765. The lowest BCUT2D eigenvalue weighted by Crippen LogP contribution is -2.37. The van der Waals surface area contributed by atoms with Gasteiger partial charge in [0, 0.05) is 58.1 Å². The second-order valence-corrected chi connectivity index (χ2v) is 7.35. The van der Waals surface area contributed by atoms with Crippen molar-refractivity contribution in [2.75, 3.05) is 26.8 Å². The number of aryl methyl sites for hydroxylation is 1. The van der Waals surface area contributed by atoms with E-state index in [1.165, 1.54) is 5.82 Å². The van der Waals surface area contributed by atoms with Crippen LogP contribution in [0.5, 0.6) is 0 Å². The molecule has 1 aromatic rings. The molecule has 5 heteroatoms. The summed E-state index contributed by atoms with van der Waals surface area (Å²) < 4.78 is 7.69. The van der Waals surface area contributed by atoms with Gasteiger partial charge in [-0.1, -0.05) is 0 Å². The summed E-state index contributed by atoms with van der Waals surface area (Å²) in [6.45, 7) is 3.54. The Kier molecular flexibility index (Phi) is 3.48. The molecule has 2 fully saturated rings. The second-order valence-electron chi connectivity index (χ2n) is 7.35. The highest BCUT2D eigenvalue weighted by atomic mass is 16.5. The molecule has 22 heavy (non-hydrogen) atoms. The Morgan fingerprint density at radius 3 is 3.14 bits per heavy atom. The molecule has 5 nitrogen and oxygen atoms in total. The number of nitrogens with zero attached hydrogens (tertiary/aromatic N) is 3. The summed E-state index contributed by atoms with van der Waals surface area (Å²) in [5.74, 6) is 2.36. The Labute approximate surface area is 131 Å². The van der Waals surface area contributed by atoms with Gasteiger partial charge in [-0.15, -0.1) is 0 Å². The number of amides is 1. The summed E-state index contributed by atoms with van der Waals surface area (Å²) in [5.41, 5.74) is 0.285. The van der Waals surface area contributed by atoms with Crippen molar-refractivity contribution in [2.24, 2.45) is 17.3 Å². The molecule has 1 spiro atoms. The van der Waals surface area contributed by atoms with E-state index in [4.69, 9.17) is 4.74 Å². The van der Waals surface area contributed by atoms with Crippen LogP contribution in [0.15, 0.2) is 12.4 Å². The van der Waals surface area contributed by atoms with Gasteiger partial charge in [0.1, 0.15) is 5.82 Å². The van der Waals surface area contributed by atoms with Crippen molar-refractivity contribution < 1.29 is 9.53 Å². The number of fused-ring (bicyclic) bond motifs is 1. The van der Waals surface area contributed by atoms with Crippen molar-refractivity contribution in [1.29, 1.82) is 0 Å². The average Bonchev–Trinajstić information content (AvgIpc) is 3.01. The molecule has 1 aromatic heterocycles. The van der Waals surface area contributed by atoms with Crippen LogP contribution >= 0.6 is 0 Å². The highest BCUT2D eigenvalue weighted by Crippen LogP contribution is 2.59. The highest BCUT2D eigenvalue weighted by Gasteiger charge is 2.58. The third-order valence-corrected chi connectivity index (χ3v) is 5.92. The van der Waals surface area contributed by atoms with Gasteiger partial charge in [-0.25, -0.2) is 4.98 Å². The zero-order chi connectivity index (χ0) is 15.2. The first-order valence-electron chi connectivity index (χ1n) is 8.51. The van der Waals surface area contributed by atoms with Gasteiger partial charge in [0.15, 0.2) is 0 Å². The molecule has 4 rings (SSSR count). The quantitative estimate of drug-likeness (QED) is 0.854. The van der Waals surface area contributed by atoms with Crippen molar-refractivity contribution in [3.63, 3.8) is 0 Å². The molecule has 3 heterocycles. The largest absolute Gasteiger partial charge is 0.381 e. The van der Waals surface area contributed by atoms with Crippen LogP contribution < -0.4 is 0 Å². The number of hydrogen-bond acceptors (Lipinski definition) is 3. The summed E-state index contributed by atoms with van der Waals surface area (Å²) >= 11 is 0. The fourth-order valence-corrected chi connectivity index (χ4v) is 4.36. The molecule has 0 bridgehead atoms. The lowest BCUT2D eigenvalue weighted by Gasteiger charge is -2.29. The first kappa shape index (κ1) is 14.2. The van der Waals surface area contributed by atoms with E-state index in [1.807, 2.05) is 18.1 Å². The van der Waals surface area contributed by atoms with Crippen molar-refractivity contribution in [3.8, 4) is 0 Å². The third kappa shape index (κ3) is 2.45. The number of imidazole rings is 1. The van der Waals surface area contributed by atoms with Crippen LogP contribution in [-0.4, -0.2) is 47.2 Å². The van der Waals surface area contributed by atoms with E-state index in [9.17, 15) is 4.79 Å². The average molecular weight is 303 g/mol. The first-order valence-corrected chi connectivity index (χ1v) is 8.51. The van der Waals surface area contributed by atoms with Crippen molar-refractivity contribution in [2.45, 2.75) is 38.6 Å². The van der Waals surface area contributed by atoms with Gasteiger partial charge < -0.3 is 14.2 Å². The maximum absolute atomic E-state index is 12.7. The number of carbonyl (C=O) groups excluding carboxylic acids is 1. The number of aromatic nitrogens is 2. The normalized spacial score (nSPS) is 29.1. The fourth-order valence-electron chi connectivity index (χ4n) is 4.36. The molecule has 0 N–H and O–H groups in total. The van der Waals surface area contributed by atoms with Gasteiger partial charge >= 0.3 is 0 Å². The van der Waals surface area contributed by atoms with E-state index in [1.54, 1.807) is 0 Å². The van der Waals surface area contributed by atoms with E-state index < -0.39 is 0 Å². The summed E-state index contributed by atoms with van der Waals surface area (Å²) in [4.78, 5) is 19.1. The van der Waals surface area contributed by atoms with Gasteiger partial charge in [-0.05, 0) is 37.0 Å². The smallest absolute Gasteiger partial charge is 0.226 e. The molecule has 1 saturated heterocycles. The Morgan fingerprint density at radius 2 is 2.32 bits per heavy atom. The monoisotopic (exact) mass is 303 g/mol. The molecular formula is C17H25N3O2. The molecule has 120 valence electrons. The van der Waals surface area contributed by atoms with E-state index in [0.29, 0.717) is 11.8 Å². The van der Waals surface area contributed by atoms with Crippen LogP contribution in [0.2, 0.25) is 0 Å². The Hall–Kier alpha value is -1.36. The van der Waals surface area contributed by atoms with Crippen LogP contribution in [0.3, 0.4) is 0 Å². The summed E-state index contributed by atoms with van der Waals surface area (Å²) in [6.07, 6.45) is 9.32. The maximum Gasteiger partial charge on any atom is 0.226 e. The van der Waals surface area contributed by atoms with E-state index >= 15 is 0 Å². The van der Waals surface area contributed by atoms with Crippen LogP contribution in [0.1, 0.15) is 31.5 Å². The minimum atomic E-state index is 0.258. The molecule has 1 aliphatic carbocycles. The number of rotatable bonds is 3. The maximum atomic E-state index is 12.7. The SMILES string of the molecule is CN(C[C@H]1CCc2nccn2C1)C(=O)[C@@H]1CC12CCOCC2. The molecule has 0 unspecified atom stereocenters. The van der Waals surface area contributed by atoms with Crippen molar-refractivity contribution in [3.05, 3.63) is 18.2 Å². The minimum Gasteiger partial charge on any atom is -0.381 e. The molecule has 0 aromatic carbocycles. The molecule has 2 aliphatic heterocycles. The first-order chi connectivity index (χ1) is 10.7. The van der Waals surface area contributed by atoms with Gasteiger partial charge in [-0.3, -0.25) is 4.79 Å². The lowest BCUT2D eigenvalue weighted by molar-refractivity contribution is -0.133. The van der Waals surface area contributed by atoms with Gasteiger partial charge in [0.25, 0.3) is 0 Å². The van der Waals surface area contributed by atoms with Crippen molar-refractivity contribution in [1.82, 2.24) is 14.5 Å². The third-order valence-electron chi connectivity index (χ3n) is 5.92. The molecule has 1 amide bonds. The standard InChI is InChI=1S/C17H25N3O2/c1-19(11-13-2-3-15-18-6-7-20(15)12-13)16(21)14-10-17(14)4-8-22-9-5-17/h6-7,13-14H,2-5,8-12H2,1H3/t13-,14+/m1/s1. The lowest BCUT2D eigenvalue weighted by atomic mass is 9.93. The topological polar surface area (TPSA) is 47.4 Å². The Morgan fingerprint density at radius 1 is 1.50 bits per heavy atom. The zero-order valence-corrected chi connectivity index (χ0v) is 13.3. The summed E-state index contributed by atoms with van der Waals surface area (Å²) in [7, 11) is 1.98. The second kappa shape index (κ2) is 5.37. The predicted octanol–water partition coefficient (Wildman–Crippen LogP) is 1.72. The van der Waals surface area contributed by atoms with E-state index in [2.05, 4.69) is 15.7 Å². The molecule has 1 saturated carbocycles. The number of carbonyl (C=O) groups is 1. The van der Waals surface area contributed by atoms with Gasteiger partial charge in [0.05, 0.1) is 0 Å². The zero-order valence-electron chi connectivity index (χ0n) is 13.3. The van der Waals surface area contributed by atoms with Gasteiger partial charge in [0.2, 0.25) is 5.91 Å². The predicted molar refractivity (Wildman–Crippen MR) is 82.3 cm³/mol. The number of ether oxygens (including phenoxy) is 1. The minimum absolute atomic E-state index is 0.258. The molecule has 2 atom stereocenters. The Balaban J connectivity index is 1.33. The van der Waals surface area contributed by atoms with Crippen LogP contribution in [0.25, 0.3) is 0 Å². The number of hydrogen-bond donors (Lipinski definition) is 0. The van der Waals surface area contributed by atoms with Crippen LogP contribution in [-0.2, 0) is 22.5 Å². The molecular weight excluding hydrogens is 278 g/mol. The van der Waals surface area contributed by atoms with Gasteiger partial charge in [-0.2, -0.15) is 0 Å². The Bertz CT molecular complexity index is 562. The van der Waals surface area contributed by atoms with Crippen molar-refractivity contribution >= 4 is 5.91 Å². The van der Waals surface area contributed by atoms with Crippen LogP contribution in [0, 0.1) is 17.3 Å². The summed E-state index contributed by atoms with van der Waals surface area (Å²) in [5, 5.41) is 0. The van der Waals surface area contributed by atoms with E-state index in [-0.39, 0.29) is 11.3 Å². The summed E-state index contributed by atoms with van der Waals surface area (Å²) in [6, 6.07) is 0. The van der Waals surface area contributed by atoms with Crippen LogP contribution in [0.4, 0.5) is 0 Å². The molecule has 3 aliphatic rings. The highest BCUT2D eigenvalue weighted by molar-refractivity contribution is 5.82. The molecule has 0 radical (unpaired) electrons.